The molecule has 0 spiro atoms. The highest BCUT2D eigenvalue weighted by Gasteiger charge is 2.30. The Hall–Kier alpha value is -1.31. The quantitative estimate of drug-likeness (QED) is 0.521. The number of hydrogen-bond acceptors (Lipinski definition) is 2. The summed E-state index contributed by atoms with van der Waals surface area (Å²) < 4.78 is 5.14. The lowest BCUT2D eigenvalue weighted by molar-refractivity contribution is -0.133. The number of esters is 1. The Morgan fingerprint density at radius 3 is 3.00 bits per heavy atom. The summed E-state index contributed by atoms with van der Waals surface area (Å²) in [5, 5.41) is 0. The van der Waals surface area contributed by atoms with E-state index in [1.165, 1.54) is 18.4 Å². The van der Waals surface area contributed by atoms with Gasteiger partial charge in [0.25, 0.3) is 0 Å². The monoisotopic (exact) mass is 204 g/mol. The Kier molecular flexibility index (Phi) is 2.76. The first-order valence-electron chi connectivity index (χ1n) is 5.55. The predicted octanol–water partition coefficient (Wildman–Crippen LogP) is 3.26. The van der Waals surface area contributed by atoms with E-state index in [-0.39, 0.29) is 5.97 Å². The van der Waals surface area contributed by atoms with Gasteiger partial charge in [-0.05, 0) is 25.0 Å². The molecular weight excluding hydrogens is 188 g/mol. The fourth-order valence-corrected chi connectivity index (χ4v) is 1.93. The van der Waals surface area contributed by atoms with Crippen molar-refractivity contribution in [2.45, 2.75) is 39.5 Å². The number of allylic oxidation sites excluding steroid dienone is 4. The molecule has 80 valence electrons. The lowest BCUT2D eigenvalue weighted by atomic mass is 10.1. The van der Waals surface area contributed by atoms with Crippen molar-refractivity contribution < 1.29 is 9.53 Å². The van der Waals surface area contributed by atoms with E-state index in [0.29, 0.717) is 0 Å². The first-order chi connectivity index (χ1) is 7.22. The molecule has 0 saturated heterocycles. The fraction of sp³-hybridized carbons (Fsp3) is 0.462. The van der Waals surface area contributed by atoms with Crippen LogP contribution in [0.15, 0.2) is 34.6 Å². The highest BCUT2D eigenvalue weighted by atomic mass is 16.5. The first kappa shape index (κ1) is 10.2. The summed E-state index contributed by atoms with van der Waals surface area (Å²) >= 11 is 0. The van der Waals surface area contributed by atoms with Crippen LogP contribution in [0.2, 0.25) is 0 Å². The van der Waals surface area contributed by atoms with Gasteiger partial charge >= 0.3 is 5.97 Å². The normalized spacial score (nSPS) is 22.1. The summed E-state index contributed by atoms with van der Waals surface area (Å²) in [6.45, 7) is 4.03. The van der Waals surface area contributed by atoms with Gasteiger partial charge in [-0.25, -0.2) is 4.79 Å². The second kappa shape index (κ2) is 4.05. The van der Waals surface area contributed by atoms with Crippen molar-refractivity contribution in [3.63, 3.8) is 0 Å². The van der Waals surface area contributed by atoms with E-state index >= 15 is 0 Å². The minimum Gasteiger partial charge on any atom is -0.423 e. The third kappa shape index (κ3) is 1.89. The minimum atomic E-state index is -0.177. The molecule has 0 aromatic carbocycles. The van der Waals surface area contributed by atoms with Crippen LogP contribution in [0.1, 0.15) is 39.5 Å². The molecule has 0 atom stereocenters. The van der Waals surface area contributed by atoms with Gasteiger partial charge in [0.05, 0.1) is 0 Å². The summed E-state index contributed by atoms with van der Waals surface area (Å²) in [6, 6.07) is 0. The van der Waals surface area contributed by atoms with Crippen LogP contribution >= 0.6 is 0 Å². The fourth-order valence-electron chi connectivity index (χ4n) is 1.93. The molecule has 2 heteroatoms. The number of fused-ring (bicyclic) bond motifs is 1. The first-order valence-corrected chi connectivity index (χ1v) is 5.55. The molecule has 0 N–H and O–H groups in total. The Bertz CT molecular complexity index is 383. The molecule has 2 rings (SSSR count). The van der Waals surface area contributed by atoms with Crippen LogP contribution in [0, 0.1) is 0 Å². The standard InChI is InChI=1S/C13H16O2/c1-3-4-5-6-10-7-11-9(2)13(14)15-12(11)8-10/h6,8H,3-5,7H2,1-2H3/b10-6+. The highest BCUT2D eigenvalue weighted by molar-refractivity contribution is 5.94. The number of unbranched alkanes of at least 4 members (excludes halogenated alkanes) is 2. The van der Waals surface area contributed by atoms with E-state index in [4.69, 9.17) is 4.74 Å². The number of carbonyl (C=O) groups excluding carboxylic acids is 1. The minimum absolute atomic E-state index is 0.177. The van der Waals surface area contributed by atoms with E-state index in [9.17, 15) is 4.79 Å². The van der Waals surface area contributed by atoms with Crippen molar-refractivity contribution in [3.8, 4) is 0 Å². The molecule has 15 heavy (non-hydrogen) atoms. The zero-order valence-electron chi connectivity index (χ0n) is 9.30. The number of hydrogen-bond donors (Lipinski definition) is 0. The molecule has 0 aromatic heterocycles. The third-order valence-corrected chi connectivity index (χ3v) is 2.92. The van der Waals surface area contributed by atoms with Crippen molar-refractivity contribution in [2.24, 2.45) is 0 Å². The SMILES string of the molecule is CCCC/C=C1/C=C2OC(=O)C(C)=C2C1. The second-order valence-electron chi connectivity index (χ2n) is 4.10. The van der Waals surface area contributed by atoms with Gasteiger partial charge in [0.1, 0.15) is 5.76 Å². The lowest BCUT2D eigenvalue weighted by Crippen LogP contribution is -1.95. The summed E-state index contributed by atoms with van der Waals surface area (Å²) in [7, 11) is 0. The van der Waals surface area contributed by atoms with Gasteiger partial charge in [-0.2, -0.15) is 0 Å². The molecule has 1 aliphatic carbocycles. The maximum Gasteiger partial charge on any atom is 0.339 e. The Labute approximate surface area is 90.3 Å². The summed E-state index contributed by atoms with van der Waals surface area (Å²) in [5.74, 6) is 0.601. The van der Waals surface area contributed by atoms with Crippen LogP contribution in [0.4, 0.5) is 0 Å². The summed E-state index contributed by atoms with van der Waals surface area (Å²) in [6.07, 6.45) is 8.69. The van der Waals surface area contributed by atoms with Gasteiger partial charge in [-0.3, -0.25) is 0 Å². The average Bonchev–Trinajstić information content (AvgIpc) is 2.70. The maximum absolute atomic E-state index is 11.2. The van der Waals surface area contributed by atoms with E-state index in [1.807, 2.05) is 13.0 Å². The van der Waals surface area contributed by atoms with Gasteiger partial charge in [0.2, 0.25) is 0 Å². The molecule has 0 bridgehead atoms. The van der Waals surface area contributed by atoms with Crippen LogP contribution < -0.4 is 0 Å². The van der Waals surface area contributed by atoms with E-state index in [0.717, 1.165) is 29.7 Å². The summed E-state index contributed by atoms with van der Waals surface area (Å²) in [4.78, 5) is 11.2. The van der Waals surface area contributed by atoms with Crippen LogP contribution in [0.3, 0.4) is 0 Å². The van der Waals surface area contributed by atoms with Crippen molar-refractivity contribution >= 4 is 5.97 Å². The Morgan fingerprint density at radius 2 is 2.33 bits per heavy atom. The van der Waals surface area contributed by atoms with Crippen molar-refractivity contribution in [1.82, 2.24) is 0 Å². The van der Waals surface area contributed by atoms with Gasteiger partial charge < -0.3 is 4.74 Å². The van der Waals surface area contributed by atoms with Crippen LogP contribution in [0.5, 0.6) is 0 Å². The molecule has 0 saturated carbocycles. The van der Waals surface area contributed by atoms with Crippen molar-refractivity contribution in [2.75, 3.05) is 0 Å². The highest BCUT2D eigenvalue weighted by Crippen LogP contribution is 2.37. The molecule has 2 aliphatic rings. The van der Waals surface area contributed by atoms with E-state index < -0.39 is 0 Å². The molecule has 1 heterocycles. The number of ether oxygens (including phenoxy) is 1. The maximum atomic E-state index is 11.2. The molecule has 0 radical (unpaired) electrons. The largest absolute Gasteiger partial charge is 0.423 e. The zero-order chi connectivity index (χ0) is 10.8. The molecular formula is C13H16O2. The lowest BCUT2D eigenvalue weighted by Gasteiger charge is -1.95. The summed E-state index contributed by atoms with van der Waals surface area (Å²) in [5.41, 5.74) is 3.16. The Morgan fingerprint density at radius 1 is 1.53 bits per heavy atom. The van der Waals surface area contributed by atoms with E-state index in [1.54, 1.807) is 0 Å². The van der Waals surface area contributed by atoms with Gasteiger partial charge in [-0.1, -0.05) is 25.8 Å². The molecule has 0 fully saturated rings. The molecule has 2 nitrogen and oxygen atoms in total. The van der Waals surface area contributed by atoms with Gasteiger partial charge in [0, 0.05) is 17.6 Å². The van der Waals surface area contributed by atoms with Gasteiger partial charge in [0.15, 0.2) is 0 Å². The van der Waals surface area contributed by atoms with Crippen molar-refractivity contribution in [3.05, 3.63) is 34.6 Å². The molecule has 0 aromatic rings. The smallest absolute Gasteiger partial charge is 0.339 e. The van der Waals surface area contributed by atoms with Crippen molar-refractivity contribution in [1.29, 1.82) is 0 Å². The third-order valence-electron chi connectivity index (χ3n) is 2.92. The average molecular weight is 204 g/mol. The predicted molar refractivity (Wildman–Crippen MR) is 59.1 cm³/mol. The zero-order valence-corrected chi connectivity index (χ0v) is 9.30. The van der Waals surface area contributed by atoms with E-state index in [2.05, 4.69) is 13.0 Å². The second-order valence-corrected chi connectivity index (χ2v) is 4.10. The van der Waals surface area contributed by atoms with Crippen LogP contribution in [0.25, 0.3) is 0 Å². The Balaban J connectivity index is 2.09. The van der Waals surface area contributed by atoms with Crippen LogP contribution in [-0.2, 0) is 9.53 Å². The number of carbonyl (C=O) groups is 1. The molecule has 1 aliphatic heterocycles. The van der Waals surface area contributed by atoms with Crippen LogP contribution in [-0.4, -0.2) is 5.97 Å². The topological polar surface area (TPSA) is 26.3 Å². The van der Waals surface area contributed by atoms with Gasteiger partial charge in [-0.15, -0.1) is 0 Å². The molecule has 0 unspecified atom stereocenters. The number of rotatable bonds is 3. The molecule has 0 amide bonds.